The molecule has 0 bridgehead atoms. The molecule has 2 aliphatic rings. The lowest BCUT2D eigenvalue weighted by Crippen LogP contribution is -2.47. The van der Waals surface area contributed by atoms with Crippen LogP contribution >= 0.6 is 15.9 Å². The molecule has 1 spiro atoms. The number of hydrogen-bond acceptors (Lipinski definition) is 2. The second-order valence-corrected chi connectivity index (χ2v) is 7.21. The van der Waals surface area contributed by atoms with E-state index in [1.165, 1.54) is 47.7 Å². The first-order valence-electron chi connectivity index (χ1n) is 7.71. The van der Waals surface area contributed by atoms with Crippen molar-refractivity contribution < 1.29 is 4.74 Å². The molecular weight excluding hydrogens is 314 g/mol. The van der Waals surface area contributed by atoms with Crippen LogP contribution in [-0.4, -0.2) is 19.3 Å². The molecule has 1 aliphatic carbocycles. The van der Waals surface area contributed by atoms with Gasteiger partial charge in [-0.25, -0.2) is 0 Å². The largest absolute Gasteiger partial charge is 0.375 e. The van der Waals surface area contributed by atoms with Crippen LogP contribution in [0.1, 0.15) is 49.3 Å². The van der Waals surface area contributed by atoms with Gasteiger partial charge in [-0.2, -0.15) is 0 Å². The van der Waals surface area contributed by atoms with Gasteiger partial charge >= 0.3 is 0 Å². The summed E-state index contributed by atoms with van der Waals surface area (Å²) >= 11 is 3.66. The minimum absolute atomic E-state index is 0.220. The number of hydrogen-bond donors (Lipinski definition) is 1. The van der Waals surface area contributed by atoms with E-state index in [0.29, 0.717) is 12.0 Å². The Morgan fingerprint density at radius 1 is 1.40 bits per heavy atom. The maximum atomic E-state index is 6.08. The molecule has 3 rings (SSSR count). The Labute approximate surface area is 130 Å². The van der Waals surface area contributed by atoms with E-state index in [-0.39, 0.29) is 5.60 Å². The van der Waals surface area contributed by atoms with Gasteiger partial charge in [-0.1, -0.05) is 28.1 Å². The molecule has 1 heterocycles. The van der Waals surface area contributed by atoms with Crippen LogP contribution < -0.4 is 5.32 Å². The fourth-order valence-corrected chi connectivity index (χ4v) is 4.26. The van der Waals surface area contributed by atoms with Crippen LogP contribution in [0.25, 0.3) is 0 Å². The van der Waals surface area contributed by atoms with E-state index >= 15 is 0 Å². The van der Waals surface area contributed by atoms with Gasteiger partial charge in [0.1, 0.15) is 0 Å². The third-order valence-electron chi connectivity index (χ3n) is 5.22. The summed E-state index contributed by atoms with van der Waals surface area (Å²) in [5.41, 5.74) is 3.02. The van der Waals surface area contributed by atoms with Gasteiger partial charge in [0.25, 0.3) is 0 Å². The maximum Gasteiger partial charge on any atom is 0.0686 e. The molecule has 3 heteroatoms. The van der Waals surface area contributed by atoms with Gasteiger partial charge in [0.15, 0.2) is 0 Å². The summed E-state index contributed by atoms with van der Waals surface area (Å²) in [4.78, 5) is 0. The van der Waals surface area contributed by atoms with Gasteiger partial charge < -0.3 is 10.1 Å². The third kappa shape index (κ3) is 2.56. The summed E-state index contributed by atoms with van der Waals surface area (Å²) in [7, 11) is 2.09. The molecule has 1 aromatic carbocycles. The number of rotatable bonds is 3. The average molecular weight is 338 g/mol. The molecule has 1 saturated heterocycles. The van der Waals surface area contributed by atoms with E-state index in [2.05, 4.69) is 53.4 Å². The second-order valence-electron chi connectivity index (χ2n) is 6.36. The quantitative estimate of drug-likeness (QED) is 0.884. The lowest BCUT2D eigenvalue weighted by molar-refractivity contribution is -0.147. The smallest absolute Gasteiger partial charge is 0.0686 e. The summed E-state index contributed by atoms with van der Waals surface area (Å²) < 4.78 is 7.29. The minimum Gasteiger partial charge on any atom is -0.375 e. The van der Waals surface area contributed by atoms with Gasteiger partial charge in [-0.3, -0.25) is 0 Å². The van der Waals surface area contributed by atoms with E-state index in [1.807, 2.05) is 0 Å². The zero-order chi connectivity index (χ0) is 14.2. The van der Waals surface area contributed by atoms with Crippen molar-refractivity contribution in [1.29, 1.82) is 0 Å². The van der Waals surface area contributed by atoms with Crippen molar-refractivity contribution in [2.24, 2.45) is 5.92 Å². The van der Waals surface area contributed by atoms with Crippen molar-refractivity contribution in [3.8, 4) is 0 Å². The molecule has 0 aromatic heterocycles. The van der Waals surface area contributed by atoms with Crippen LogP contribution in [0.2, 0.25) is 0 Å². The van der Waals surface area contributed by atoms with Gasteiger partial charge in [-0.05, 0) is 69.2 Å². The van der Waals surface area contributed by atoms with Crippen molar-refractivity contribution >= 4 is 15.9 Å². The van der Waals surface area contributed by atoms with Crippen molar-refractivity contribution in [1.82, 2.24) is 5.32 Å². The molecule has 2 fully saturated rings. The van der Waals surface area contributed by atoms with Crippen LogP contribution in [0.3, 0.4) is 0 Å². The van der Waals surface area contributed by atoms with Crippen molar-refractivity contribution in [2.75, 3.05) is 13.7 Å². The molecule has 2 unspecified atom stereocenters. The van der Waals surface area contributed by atoms with Crippen molar-refractivity contribution in [3.05, 3.63) is 33.8 Å². The van der Waals surface area contributed by atoms with E-state index in [9.17, 15) is 0 Å². The molecule has 1 aromatic rings. The predicted octanol–water partition coefficient (Wildman–Crippen LogP) is 4.37. The standard InChI is InChI=1S/C17H24BrNO/c1-12-14(5-3-6-15(12)18)16(19-2)13-7-10-20-17(11-13)8-4-9-17/h3,5-6,13,16,19H,4,7-11H2,1-2H3. The lowest BCUT2D eigenvalue weighted by Gasteiger charge is -2.49. The zero-order valence-corrected chi connectivity index (χ0v) is 14.0. The highest BCUT2D eigenvalue weighted by Crippen LogP contribution is 2.47. The molecule has 1 saturated carbocycles. The van der Waals surface area contributed by atoms with Gasteiger partial charge in [0.05, 0.1) is 5.60 Å². The van der Waals surface area contributed by atoms with Crippen LogP contribution in [0.15, 0.2) is 22.7 Å². The summed E-state index contributed by atoms with van der Waals surface area (Å²) in [5.74, 6) is 0.682. The molecule has 110 valence electrons. The monoisotopic (exact) mass is 337 g/mol. The normalized spacial score (nSPS) is 26.2. The molecule has 0 amide bonds. The molecule has 20 heavy (non-hydrogen) atoms. The summed E-state index contributed by atoms with van der Waals surface area (Å²) in [6.45, 7) is 3.14. The topological polar surface area (TPSA) is 21.3 Å². The third-order valence-corrected chi connectivity index (χ3v) is 6.08. The lowest BCUT2D eigenvalue weighted by atomic mass is 9.69. The fraction of sp³-hybridized carbons (Fsp3) is 0.647. The predicted molar refractivity (Wildman–Crippen MR) is 85.9 cm³/mol. The van der Waals surface area contributed by atoms with Crippen molar-refractivity contribution in [3.63, 3.8) is 0 Å². The average Bonchev–Trinajstić information content (AvgIpc) is 2.43. The molecule has 2 nitrogen and oxygen atoms in total. The molecular formula is C17H24BrNO. The maximum absolute atomic E-state index is 6.08. The van der Waals surface area contributed by atoms with E-state index in [4.69, 9.17) is 4.74 Å². The number of nitrogens with one attached hydrogen (secondary N) is 1. The summed E-state index contributed by atoms with van der Waals surface area (Å²) in [6.07, 6.45) is 6.24. The highest BCUT2D eigenvalue weighted by Gasteiger charge is 2.44. The summed E-state index contributed by atoms with van der Waals surface area (Å²) in [5, 5.41) is 3.57. The van der Waals surface area contributed by atoms with Crippen LogP contribution in [0, 0.1) is 12.8 Å². The first kappa shape index (κ1) is 14.6. The number of halogens is 1. The van der Waals surface area contributed by atoms with Crippen LogP contribution in [0.4, 0.5) is 0 Å². The van der Waals surface area contributed by atoms with E-state index < -0.39 is 0 Å². The minimum atomic E-state index is 0.220. The van der Waals surface area contributed by atoms with Gasteiger partial charge in [0, 0.05) is 17.1 Å². The van der Waals surface area contributed by atoms with Crippen LogP contribution in [0.5, 0.6) is 0 Å². The first-order valence-corrected chi connectivity index (χ1v) is 8.51. The molecule has 1 aliphatic heterocycles. The van der Waals surface area contributed by atoms with Crippen LogP contribution in [-0.2, 0) is 4.74 Å². The van der Waals surface area contributed by atoms with E-state index in [0.717, 1.165) is 6.61 Å². The molecule has 1 N–H and O–H groups in total. The Morgan fingerprint density at radius 3 is 2.85 bits per heavy atom. The fourth-order valence-electron chi connectivity index (χ4n) is 3.88. The zero-order valence-electron chi connectivity index (χ0n) is 12.4. The number of benzene rings is 1. The van der Waals surface area contributed by atoms with Gasteiger partial charge in [-0.15, -0.1) is 0 Å². The Balaban J connectivity index is 1.84. The number of ether oxygens (including phenoxy) is 1. The van der Waals surface area contributed by atoms with E-state index in [1.54, 1.807) is 0 Å². The Morgan fingerprint density at radius 2 is 2.20 bits per heavy atom. The highest BCUT2D eigenvalue weighted by molar-refractivity contribution is 9.10. The Kier molecular flexibility index (Phi) is 4.21. The molecule has 0 radical (unpaired) electrons. The summed E-state index contributed by atoms with van der Waals surface area (Å²) in [6, 6.07) is 6.98. The second kappa shape index (κ2) is 5.78. The first-order chi connectivity index (χ1) is 9.65. The highest BCUT2D eigenvalue weighted by atomic mass is 79.9. The van der Waals surface area contributed by atoms with Gasteiger partial charge in [0.2, 0.25) is 0 Å². The molecule has 2 atom stereocenters. The SMILES string of the molecule is CNC(c1cccc(Br)c1C)C1CCOC2(CCC2)C1. The van der Waals surface area contributed by atoms with Crippen molar-refractivity contribution in [2.45, 2.75) is 50.7 Å². The Bertz CT molecular complexity index is 484. The Hall–Kier alpha value is -0.380.